The lowest BCUT2D eigenvalue weighted by atomic mass is 10.1. The van der Waals surface area contributed by atoms with Crippen molar-refractivity contribution in [2.75, 3.05) is 6.26 Å². The molecule has 1 aromatic carbocycles. The lowest BCUT2D eigenvalue weighted by Gasteiger charge is -2.06. The van der Waals surface area contributed by atoms with Gasteiger partial charge in [0.2, 0.25) is 15.7 Å². The number of nitrogens with zero attached hydrogens (tertiary/aromatic N) is 2. The Hall–Kier alpha value is -1.73. The van der Waals surface area contributed by atoms with Crippen molar-refractivity contribution in [1.29, 1.82) is 0 Å². The summed E-state index contributed by atoms with van der Waals surface area (Å²) >= 11 is 0. The van der Waals surface area contributed by atoms with E-state index >= 15 is 0 Å². The van der Waals surface area contributed by atoms with Crippen molar-refractivity contribution in [2.24, 2.45) is 5.73 Å². The summed E-state index contributed by atoms with van der Waals surface area (Å²) in [5.41, 5.74) is 6.91. The lowest BCUT2D eigenvalue weighted by molar-refractivity contribution is 0.374. The number of aromatic nitrogens is 2. The van der Waals surface area contributed by atoms with Crippen molar-refractivity contribution in [2.45, 2.75) is 17.7 Å². The molecule has 0 bridgehead atoms. The zero-order valence-electron chi connectivity index (χ0n) is 9.78. The second kappa shape index (κ2) is 4.87. The van der Waals surface area contributed by atoms with Crippen LogP contribution in [0.4, 0.5) is 0 Å². The van der Waals surface area contributed by atoms with Crippen LogP contribution in [-0.2, 0) is 16.3 Å². The van der Waals surface area contributed by atoms with Crippen LogP contribution < -0.4 is 5.73 Å². The zero-order valence-corrected chi connectivity index (χ0v) is 10.6. The third kappa shape index (κ3) is 2.93. The quantitative estimate of drug-likeness (QED) is 0.876. The van der Waals surface area contributed by atoms with Crippen LogP contribution in [0.5, 0.6) is 0 Å². The van der Waals surface area contributed by atoms with E-state index < -0.39 is 21.1 Å². The van der Waals surface area contributed by atoms with Crippen molar-refractivity contribution in [1.82, 2.24) is 10.2 Å². The van der Waals surface area contributed by atoms with E-state index in [0.29, 0.717) is 6.42 Å². The highest BCUT2D eigenvalue weighted by molar-refractivity contribution is 7.90. The molecule has 0 amide bonds. The summed E-state index contributed by atoms with van der Waals surface area (Å²) < 4.78 is 27.4. The smallest absolute Gasteiger partial charge is 0.335 e. The number of sulfone groups is 1. The fourth-order valence-electron chi connectivity index (χ4n) is 1.48. The Bertz CT molecular complexity index is 622. The molecule has 0 saturated heterocycles. The molecule has 0 aliphatic rings. The fraction of sp³-hybridized carbons (Fsp3) is 0.273. The molecular formula is C11H13N3O3S. The third-order valence-electron chi connectivity index (χ3n) is 2.35. The van der Waals surface area contributed by atoms with Crippen LogP contribution in [0.3, 0.4) is 0 Å². The van der Waals surface area contributed by atoms with Gasteiger partial charge in [0.05, 0.1) is 6.04 Å². The molecule has 0 fully saturated rings. The average molecular weight is 267 g/mol. The van der Waals surface area contributed by atoms with E-state index in [0.717, 1.165) is 11.8 Å². The minimum absolute atomic E-state index is 0.124. The van der Waals surface area contributed by atoms with Gasteiger partial charge in [-0.25, -0.2) is 8.42 Å². The highest BCUT2D eigenvalue weighted by Gasteiger charge is 2.20. The van der Waals surface area contributed by atoms with E-state index in [1.807, 2.05) is 30.3 Å². The first-order valence-corrected chi connectivity index (χ1v) is 7.19. The van der Waals surface area contributed by atoms with Gasteiger partial charge in [0.15, 0.2) is 0 Å². The highest BCUT2D eigenvalue weighted by Crippen LogP contribution is 2.16. The van der Waals surface area contributed by atoms with E-state index in [4.69, 9.17) is 10.2 Å². The number of nitrogens with two attached hydrogens (primary N) is 1. The van der Waals surface area contributed by atoms with Gasteiger partial charge in [-0.3, -0.25) is 0 Å². The van der Waals surface area contributed by atoms with Crippen molar-refractivity contribution in [3.63, 3.8) is 0 Å². The molecule has 0 aliphatic carbocycles. The largest absolute Gasteiger partial charge is 0.411 e. The Morgan fingerprint density at radius 1 is 1.28 bits per heavy atom. The predicted molar refractivity (Wildman–Crippen MR) is 64.5 cm³/mol. The summed E-state index contributed by atoms with van der Waals surface area (Å²) in [6.07, 6.45) is 1.51. The standard InChI is InChI=1S/C11H13N3O3S/c1-18(15,16)11-14-13-10(17-11)9(12)7-8-5-3-2-4-6-8/h2-6,9H,7,12H2,1H3. The van der Waals surface area contributed by atoms with Crippen LogP contribution in [0, 0.1) is 0 Å². The number of hydrogen-bond acceptors (Lipinski definition) is 6. The molecule has 1 heterocycles. The molecule has 2 rings (SSSR count). The summed E-state index contributed by atoms with van der Waals surface area (Å²) in [5.74, 6) is 0.124. The van der Waals surface area contributed by atoms with E-state index in [2.05, 4.69) is 10.2 Å². The Labute approximate surface area is 105 Å². The molecule has 96 valence electrons. The molecule has 2 aromatic rings. The van der Waals surface area contributed by atoms with Crippen LogP contribution >= 0.6 is 0 Å². The third-order valence-corrected chi connectivity index (χ3v) is 3.15. The van der Waals surface area contributed by atoms with E-state index in [1.54, 1.807) is 0 Å². The summed E-state index contributed by atoms with van der Waals surface area (Å²) in [7, 11) is -3.48. The highest BCUT2D eigenvalue weighted by atomic mass is 32.2. The number of benzene rings is 1. The predicted octanol–water partition coefficient (Wildman–Crippen LogP) is 0.716. The maximum absolute atomic E-state index is 11.2. The molecule has 0 radical (unpaired) electrons. The van der Waals surface area contributed by atoms with Gasteiger partial charge in [-0.05, 0) is 12.0 Å². The van der Waals surface area contributed by atoms with Crippen LogP contribution in [0.25, 0.3) is 0 Å². The molecule has 7 heteroatoms. The number of hydrogen-bond donors (Lipinski definition) is 1. The molecule has 1 aromatic heterocycles. The molecule has 0 saturated carbocycles. The minimum Gasteiger partial charge on any atom is -0.411 e. The van der Waals surface area contributed by atoms with Gasteiger partial charge in [0, 0.05) is 6.26 Å². The molecule has 0 aliphatic heterocycles. The second-order valence-corrected chi connectivity index (χ2v) is 5.87. The monoisotopic (exact) mass is 267 g/mol. The fourth-order valence-corrected chi connectivity index (χ4v) is 1.90. The normalized spacial score (nSPS) is 13.4. The van der Waals surface area contributed by atoms with Gasteiger partial charge >= 0.3 is 5.22 Å². The minimum atomic E-state index is -3.48. The lowest BCUT2D eigenvalue weighted by Crippen LogP contribution is -2.13. The van der Waals surface area contributed by atoms with Crippen molar-refractivity contribution < 1.29 is 12.8 Å². The summed E-state index contributed by atoms with van der Waals surface area (Å²) in [5, 5.41) is 6.72. The molecule has 18 heavy (non-hydrogen) atoms. The molecule has 6 nitrogen and oxygen atoms in total. The first kappa shape index (κ1) is 12.7. The maximum Gasteiger partial charge on any atom is 0.335 e. The van der Waals surface area contributed by atoms with Gasteiger partial charge in [-0.1, -0.05) is 35.4 Å². The molecular weight excluding hydrogens is 254 g/mol. The Kier molecular flexibility index (Phi) is 3.44. The van der Waals surface area contributed by atoms with Gasteiger partial charge in [0.1, 0.15) is 0 Å². The molecule has 0 spiro atoms. The average Bonchev–Trinajstić information content (AvgIpc) is 2.79. The Morgan fingerprint density at radius 2 is 1.94 bits per heavy atom. The van der Waals surface area contributed by atoms with Crippen LogP contribution in [0.15, 0.2) is 40.0 Å². The Morgan fingerprint density at radius 3 is 2.50 bits per heavy atom. The van der Waals surface area contributed by atoms with Gasteiger partial charge in [0.25, 0.3) is 0 Å². The van der Waals surface area contributed by atoms with Crippen LogP contribution in [0.2, 0.25) is 0 Å². The van der Waals surface area contributed by atoms with E-state index in [1.165, 1.54) is 0 Å². The molecule has 1 atom stereocenters. The van der Waals surface area contributed by atoms with Crippen molar-refractivity contribution in [3.8, 4) is 0 Å². The topological polar surface area (TPSA) is 99.1 Å². The summed E-state index contributed by atoms with van der Waals surface area (Å²) in [6, 6.07) is 9.04. The SMILES string of the molecule is CS(=O)(=O)c1nnc(C(N)Cc2ccccc2)o1. The zero-order chi connectivity index (χ0) is 13.2. The van der Waals surface area contributed by atoms with E-state index in [9.17, 15) is 8.42 Å². The first-order valence-electron chi connectivity index (χ1n) is 5.30. The van der Waals surface area contributed by atoms with Gasteiger partial charge in [-0.2, -0.15) is 0 Å². The maximum atomic E-state index is 11.2. The summed E-state index contributed by atoms with van der Waals surface area (Å²) in [6.45, 7) is 0. The number of rotatable bonds is 4. The van der Waals surface area contributed by atoms with E-state index in [-0.39, 0.29) is 5.89 Å². The second-order valence-electron chi connectivity index (χ2n) is 3.97. The van der Waals surface area contributed by atoms with Gasteiger partial charge in [-0.15, -0.1) is 5.10 Å². The summed E-state index contributed by atoms with van der Waals surface area (Å²) in [4.78, 5) is 0. The van der Waals surface area contributed by atoms with Crippen LogP contribution in [-0.4, -0.2) is 24.9 Å². The van der Waals surface area contributed by atoms with Gasteiger partial charge < -0.3 is 10.2 Å². The van der Waals surface area contributed by atoms with Crippen molar-refractivity contribution in [3.05, 3.63) is 41.8 Å². The Balaban J connectivity index is 2.15. The molecule has 1 unspecified atom stereocenters. The molecule has 2 N–H and O–H groups in total. The first-order chi connectivity index (χ1) is 8.47. The van der Waals surface area contributed by atoms with Crippen molar-refractivity contribution >= 4 is 9.84 Å². The van der Waals surface area contributed by atoms with Crippen LogP contribution in [0.1, 0.15) is 17.5 Å².